The molecule has 5 heteroatoms. The molecule has 100 valence electrons. The molecule has 0 spiro atoms. The minimum absolute atomic E-state index is 0. The fourth-order valence-electron chi connectivity index (χ4n) is 1.66. The Kier molecular flexibility index (Phi) is 12.6. The normalized spacial score (nSPS) is 9.65. The van der Waals surface area contributed by atoms with E-state index in [1.807, 2.05) is 18.3 Å². The Bertz CT molecular complexity index is 272. The first-order valence-electron chi connectivity index (χ1n) is 5.59. The van der Waals surface area contributed by atoms with E-state index < -0.39 is 0 Å². The Morgan fingerprint density at radius 2 is 1.71 bits per heavy atom. The van der Waals surface area contributed by atoms with Gasteiger partial charge in [-0.25, -0.2) is 4.98 Å². The summed E-state index contributed by atoms with van der Waals surface area (Å²) >= 11 is 5.75. The van der Waals surface area contributed by atoms with E-state index in [0.717, 1.165) is 19.6 Å². The predicted octanol–water partition coefficient (Wildman–Crippen LogP) is 4.20. The van der Waals surface area contributed by atoms with Crippen molar-refractivity contribution >= 4 is 36.4 Å². The molecule has 0 atom stereocenters. The first-order valence-corrected chi connectivity index (χ1v) is 5.96. The van der Waals surface area contributed by atoms with Crippen LogP contribution in [0.3, 0.4) is 0 Å². The van der Waals surface area contributed by atoms with Gasteiger partial charge in [0.15, 0.2) is 0 Å². The number of halogens is 3. The highest BCUT2D eigenvalue weighted by Crippen LogP contribution is 2.08. The molecule has 0 aliphatic carbocycles. The van der Waals surface area contributed by atoms with Crippen LogP contribution in [0, 0.1) is 0 Å². The molecule has 0 amide bonds. The molecule has 17 heavy (non-hydrogen) atoms. The zero-order chi connectivity index (χ0) is 11.1. The molecule has 0 fully saturated rings. The van der Waals surface area contributed by atoms with Crippen LogP contribution >= 0.6 is 36.4 Å². The van der Waals surface area contributed by atoms with Crippen LogP contribution in [-0.4, -0.2) is 23.0 Å². The molecule has 1 aromatic heterocycles. The fourth-order valence-corrected chi connectivity index (χ4v) is 1.77. The Labute approximate surface area is 122 Å². The van der Waals surface area contributed by atoms with E-state index in [9.17, 15) is 0 Å². The van der Waals surface area contributed by atoms with Crippen LogP contribution in [0.1, 0.15) is 32.3 Å². The molecule has 0 N–H and O–H groups in total. The molecule has 0 radical (unpaired) electrons. The first kappa shape index (κ1) is 19.3. The molecule has 0 aliphatic heterocycles. The molecule has 0 unspecified atom stereocenters. The van der Waals surface area contributed by atoms with Crippen LogP contribution in [0.25, 0.3) is 0 Å². The van der Waals surface area contributed by atoms with Crippen molar-refractivity contribution in [1.29, 1.82) is 0 Å². The second-order valence-corrected chi connectivity index (χ2v) is 4.15. The van der Waals surface area contributed by atoms with E-state index in [0.29, 0.717) is 5.15 Å². The average Bonchev–Trinajstić information content (AvgIpc) is 2.22. The van der Waals surface area contributed by atoms with Crippen molar-refractivity contribution in [3.05, 3.63) is 29.0 Å². The van der Waals surface area contributed by atoms with Gasteiger partial charge in [-0.05, 0) is 37.6 Å². The van der Waals surface area contributed by atoms with E-state index in [1.165, 1.54) is 18.4 Å². The summed E-state index contributed by atoms with van der Waals surface area (Å²) in [5.41, 5.74) is 1.24. The molecule has 0 saturated carbocycles. The molecule has 0 saturated heterocycles. The summed E-state index contributed by atoms with van der Waals surface area (Å²) in [6.45, 7) is 7.70. The van der Waals surface area contributed by atoms with Gasteiger partial charge in [0.05, 0.1) is 0 Å². The fraction of sp³-hybridized carbons (Fsp3) is 0.583. The van der Waals surface area contributed by atoms with Crippen molar-refractivity contribution in [2.45, 2.75) is 33.2 Å². The Morgan fingerprint density at radius 3 is 2.12 bits per heavy atom. The summed E-state index contributed by atoms with van der Waals surface area (Å²) in [5, 5.41) is 0.566. The maximum absolute atomic E-state index is 5.75. The lowest BCUT2D eigenvalue weighted by atomic mass is 10.2. The van der Waals surface area contributed by atoms with Gasteiger partial charge in [0.1, 0.15) is 5.15 Å². The SMILES string of the molecule is CCCN(CCC)Cc1ccc(Cl)nc1.Cl.Cl. The van der Waals surface area contributed by atoms with Crippen molar-refractivity contribution in [3.8, 4) is 0 Å². The summed E-state index contributed by atoms with van der Waals surface area (Å²) in [6, 6.07) is 3.90. The van der Waals surface area contributed by atoms with Crippen molar-refractivity contribution < 1.29 is 0 Å². The van der Waals surface area contributed by atoms with Gasteiger partial charge in [-0.1, -0.05) is 31.5 Å². The predicted molar refractivity (Wildman–Crippen MR) is 79.6 cm³/mol. The number of hydrogen-bond donors (Lipinski definition) is 0. The zero-order valence-electron chi connectivity index (χ0n) is 10.4. The smallest absolute Gasteiger partial charge is 0.129 e. The van der Waals surface area contributed by atoms with Crippen LogP contribution in [0.4, 0.5) is 0 Å². The van der Waals surface area contributed by atoms with Crippen LogP contribution in [0.2, 0.25) is 5.15 Å². The molecule has 1 heterocycles. The van der Waals surface area contributed by atoms with Gasteiger partial charge in [0, 0.05) is 12.7 Å². The lowest BCUT2D eigenvalue weighted by Crippen LogP contribution is -2.24. The highest BCUT2D eigenvalue weighted by molar-refractivity contribution is 6.29. The Hall–Kier alpha value is -0.0200. The molecular weight excluding hydrogens is 279 g/mol. The van der Waals surface area contributed by atoms with Gasteiger partial charge in [-0.15, -0.1) is 24.8 Å². The van der Waals surface area contributed by atoms with Crippen molar-refractivity contribution in [2.75, 3.05) is 13.1 Å². The third-order valence-electron chi connectivity index (χ3n) is 2.27. The molecule has 1 rings (SSSR count). The number of rotatable bonds is 6. The largest absolute Gasteiger partial charge is 0.299 e. The first-order chi connectivity index (χ1) is 7.26. The summed E-state index contributed by atoms with van der Waals surface area (Å²) in [7, 11) is 0. The van der Waals surface area contributed by atoms with E-state index in [-0.39, 0.29) is 24.8 Å². The van der Waals surface area contributed by atoms with Gasteiger partial charge in [-0.2, -0.15) is 0 Å². The number of nitrogens with zero attached hydrogens (tertiary/aromatic N) is 2. The Morgan fingerprint density at radius 1 is 1.12 bits per heavy atom. The van der Waals surface area contributed by atoms with Gasteiger partial charge >= 0.3 is 0 Å². The molecule has 1 aromatic rings. The Balaban J connectivity index is 0. The van der Waals surface area contributed by atoms with Crippen molar-refractivity contribution in [1.82, 2.24) is 9.88 Å². The summed E-state index contributed by atoms with van der Waals surface area (Å²) < 4.78 is 0. The number of pyridine rings is 1. The lowest BCUT2D eigenvalue weighted by Gasteiger charge is -2.20. The second kappa shape index (κ2) is 11.1. The van der Waals surface area contributed by atoms with E-state index in [2.05, 4.69) is 23.7 Å². The van der Waals surface area contributed by atoms with Crippen molar-refractivity contribution in [3.63, 3.8) is 0 Å². The third-order valence-corrected chi connectivity index (χ3v) is 2.50. The van der Waals surface area contributed by atoms with Crippen molar-refractivity contribution in [2.24, 2.45) is 0 Å². The molecule has 0 bridgehead atoms. The zero-order valence-corrected chi connectivity index (χ0v) is 12.7. The summed E-state index contributed by atoms with van der Waals surface area (Å²) in [4.78, 5) is 6.54. The van der Waals surface area contributed by atoms with Crippen LogP contribution in [0.5, 0.6) is 0 Å². The summed E-state index contributed by atoms with van der Waals surface area (Å²) in [5.74, 6) is 0. The minimum atomic E-state index is 0. The van der Waals surface area contributed by atoms with Gasteiger partial charge in [-0.3, -0.25) is 4.90 Å². The highest BCUT2D eigenvalue weighted by atomic mass is 35.5. The molecule has 2 nitrogen and oxygen atoms in total. The maximum atomic E-state index is 5.75. The average molecular weight is 300 g/mol. The van der Waals surface area contributed by atoms with Gasteiger partial charge in [0.25, 0.3) is 0 Å². The lowest BCUT2D eigenvalue weighted by molar-refractivity contribution is 0.266. The number of hydrogen-bond acceptors (Lipinski definition) is 2. The van der Waals surface area contributed by atoms with Crippen LogP contribution in [0.15, 0.2) is 18.3 Å². The van der Waals surface area contributed by atoms with Gasteiger partial charge < -0.3 is 0 Å². The second-order valence-electron chi connectivity index (χ2n) is 3.77. The topological polar surface area (TPSA) is 16.1 Å². The minimum Gasteiger partial charge on any atom is -0.299 e. The standard InChI is InChI=1S/C12H19ClN2.2ClH/c1-3-7-15(8-4-2)10-11-5-6-12(13)14-9-11;;/h5-6,9H,3-4,7-8,10H2,1-2H3;2*1H. The van der Waals surface area contributed by atoms with E-state index in [4.69, 9.17) is 11.6 Å². The maximum Gasteiger partial charge on any atom is 0.129 e. The van der Waals surface area contributed by atoms with Crippen LogP contribution in [-0.2, 0) is 6.54 Å². The third kappa shape index (κ3) is 7.82. The molecular formula is C12H21Cl3N2. The monoisotopic (exact) mass is 298 g/mol. The van der Waals surface area contributed by atoms with Gasteiger partial charge in [0.2, 0.25) is 0 Å². The highest BCUT2D eigenvalue weighted by Gasteiger charge is 2.03. The van der Waals surface area contributed by atoms with Crippen LogP contribution < -0.4 is 0 Å². The molecule has 0 aliphatic rings. The quantitative estimate of drug-likeness (QED) is 0.732. The summed E-state index contributed by atoms with van der Waals surface area (Å²) in [6.07, 6.45) is 4.25. The van der Waals surface area contributed by atoms with E-state index in [1.54, 1.807) is 0 Å². The van der Waals surface area contributed by atoms with E-state index >= 15 is 0 Å². The number of aromatic nitrogens is 1. The molecule has 0 aromatic carbocycles.